The molecule has 1 saturated heterocycles. The van der Waals surface area contributed by atoms with Crippen molar-refractivity contribution in [1.29, 1.82) is 0 Å². The first-order chi connectivity index (χ1) is 26.1. The van der Waals surface area contributed by atoms with Gasteiger partial charge in [-0.3, -0.25) is 14.5 Å². The molecule has 7 heteroatoms. The molecule has 0 radical (unpaired) electrons. The van der Waals surface area contributed by atoms with Gasteiger partial charge in [-0.15, -0.1) is 0 Å². The topological polar surface area (TPSA) is 76.2 Å². The summed E-state index contributed by atoms with van der Waals surface area (Å²) in [7, 11) is 0. The number of hydrogen-bond donors (Lipinski definition) is 0. The van der Waals surface area contributed by atoms with E-state index in [1.54, 1.807) is 0 Å². The molecule has 0 spiro atoms. The fourth-order valence-corrected chi connectivity index (χ4v) is 7.57. The van der Waals surface area contributed by atoms with Crippen LogP contribution in [0, 0.1) is 5.92 Å². The third-order valence-corrected chi connectivity index (χ3v) is 10.1. The number of imide groups is 1. The molecule has 0 bridgehead atoms. The molecule has 1 aliphatic rings. The maximum atomic E-state index is 15.1. The first-order valence-corrected chi connectivity index (χ1v) is 18.8. The van der Waals surface area contributed by atoms with Crippen LogP contribution in [0.5, 0.6) is 0 Å². The molecule has 0 saturated carbocycles. The highest BCUT2D eigenvalue weighted by atomic mass is 16.6. The number of benzene rings is 5. The van der Waals surface area contributed by atoms with Gasteiger partial charge in [0, 0.05) is 31.0 Å². The number of nitrogens with zero attached hydrogens (tertiary/aromatic N) is 2. The minimum Gasteiger partial charge on any atom is -0.460 e. The molecular formula is C47H50N2O5. The number of hydrogen-bond acceptors (Lipinski definition) is 6. The van der Waals surface area contributed by atoms with Crippen LogP contribution in [0.1, 0.15) is 79.9 Å². The van der Waals surface area contributed by atoms with Crippen molar-refractivity contribution >= 4 is 18.0 Å². The van der Waals surface area contributed by atoms with E-state index in [4.69, 9.17) is 9.47 Å². The maximum Gasteiger partial charge on any atom is 0.416 e. The van der Waals surface area contributed by atoms with Crippen LogP contribution in [-0.2, 0) is 32.0 Å². The van der Waals surface area contributed by atoms with Crippen LogP contribution >= 0.6 is 0 Å². The summed E-state index contributed by atoms with van der Waals surface area (Å²) in [4.78, 5) is 46.7. The molecule has 6 rings (SSSR count). The second kappa shape index (κ2) is 17.5. The van der Waals surface area contributed by atoms with Gasteiger partial charge in [0.15, 0.2) is 0 Å². The Hall–Kier alpha value is -5.53. The molecule has 5 aromatic carbocycles. The zero-order valence-corrected chi connectivity index (χ0v) is 31.6. The summed E-state index contributed by atoms with van der Waals surface area (Å²) >= 11 is 0. The number of ether oxygens (including phenoxy) is 2. The number of carbonyl (C=O) groups excluding carboxylic acids is 3. The van der Waals surface area contributed by atoms with Crippen molar-refractivity contribution < 1.29 is 23.9 Å². The van der Waals surface area contributed by atoms with Crippen molar-refractivity contribution in [2.45, 2.75) is 76.7 Å². The van der Waals surface area contributed by atoms with Gasteiger partial charge >= 0.3 is 12.1 Å². The lowest BCUT2D eigenvalue weighted by Gasteiger charge is -2.43. The highest BCUT2D eigenvalue weighted by Crippen LogP contribution is 2.46. The Labute approximate surface area is 319 Å². The average Bonchev–Trinajstić information content (AvgIpc) is 3.55. The Bertz CT molecular complexity index is 1950. The van der Waals surface area contributed by atoms with Crippen LogP contribution in [-0.4, -0.2) is 46.0 Å². The van der Waals surface area contributed by atoms with Gasteiger partial charge in [-0.05, 0) is 61.9 Å². The summed E-state index contributed by atoms with van der Waals surface area (Å²) in [6, 6.07) is 48.9. The zero-order valence-electron chi connectivity index (χ0n) is 31.6. The average molecular weight is 723 g/mol. The number of amides is 2. The third-order valence-electron chi connectivity index (χ3n) is 10.1. The van der Waals surface area contributed by atoms with Gasteiger partial charge in [-0.25, -0.2) is 9.69 Å². The zero-order chi connectivity index (χ0) is 38.1. The minimum absolute atomic E-state index is 0.108. The Morgan fingerprint density at radius 2 is 1.20 bits per heavy atom. The predicted octanol–water partition coefficient (Wildman–Crippen LogP) is 9.71. The standard InChI is InChI=1S/C47H50N2O5/c1-34(37-24-14-7-15-25-37)48(32-36-22-12-6-13-23-36)44(39-28-18-9-19-29-39)43(45(51)54-47(2,3)4)41(38-26-16-8-17-27-38)31-42(50)49-40(33-53-46(49)52)30-35-20-10-5-11-21-35/h5-29,34,40-41,43-44H,30-33H2,1-4H3/t34-,40+,41-,43-,44-/m1/s1. The lowest BCUT2D eigenvalue weighted by molar-refractivity contribution is -0.165. The van der Waals surface area contributed by atoms with E-state index in [1.165, 1.54) is 4.90 Å². The fraction of sp³-hybridized carbons (Fsp3) is 0.298. The molecule has 0 unspecified atom stereocenters. The molecule has 54 heavy (non-hydrogen) atoms. The fourth-order valence-electron chi connectivity index (χ4n) is 7.57. The minimum atomic E-state index is -0.876. The summed E-state index contributed by atoms with van der Waals surface area (Å²) in [6.07, 6.45) is -0.309. The van der Waals surface area contributed by atoms with E-state index in [0.717, 1.165) is 27.8 Å². The van der Waals surface area contributed by atoms with Gasteiger partial charge in [0.1, 0.15) is 12.2 Å². The summed E-state index contributed by atoms with van der Waals surface area (Å²) in [5.41, 5.74) is 4.09. The quantitative estimate of drug-likeness (QED) is 0.106. The van der Waals surface area contributed by atoms with E-state index >= 15 is 4.79 Å². The van der Waals surface area contributed by atoms with E-state index < -0.39 is 47.5 Å². The molecule has 5 aromatic rings. The predicted molar refractivity (Wildman–Crippen MR) is 211 cm³/mol. The van der Waals surface area contributed by atoms with Crippen LogP contribution in [0.25, 0.3) is 0 Å². The molecule has 1 fully saturated rings. The van der Waals surface area contributed by atoms with Crippen molar-refractivity contribution in [2.24, 2.45) is 5.92 Å². The molecule has 2 amide bonds. The summed E-state index contributed by atoms with van der Waals surface area (Å²) in [6.45, 7) is 8.39. The molecule has 0 aromatic heterocycles. The van der Waals surface area contributed by atoms with Crippen LogP contribution in [0.3, 0.4) is 0 Å². The molecule has 5 atom stereocenters. The highest BCUT2D eigenvalue weighted by Gasteiger charge is 2.47. The van der Waals surface area contributed by atoms with Crippen LogP contribution in [0.4, 0.5) is 4.79 Å². The normalized spacial score (nSPS) is 16.6. The molecule has 1 heterocycles. The van der Waals surface area contributed by atoms with Gasteiger partial charge in [0.25, 0.3) is 0 Å². The van der Waals surface area contributed by atoms with Gasteiger partial charge in [-0.2, -0.15) is 0 Å². The first-order valence-electron chi connectivity index (χ1n) is 18.8. The summed E-state index contributed by atoms with van der Waals surface area (Å²) in [5.74, 6) is -2.36. The lowest BCUT2D eigenvalue weighted by atomic mass is 9.75. The van der Waals surface area contributed by atoms with Gasteiger partial charge in [0.2, 0.25) is 5.91 Å². The lowest BCUT2D eigenvalue weighted by Crippen LogP contribution is -2.45. The van der Waals surface area contributed by atoms with E-state index in [1.807, 2.05) is 136 Å². The van der Waals surface area contributed by atoms with Crippen molar-refractivity contribution in [2.75, 3.05) is 6.61 Å². The van der Waals surface area contributed by atoms with E-state index in [2.05, 4.69) is 48.2 Å². The number of esters is 1. The van der Waals surface area contributed by atoms with Gasteiger partial charge < -0.3 is 9.47 Å². The Morgan fingerprint density at radius 3 is 1.74 bits per heavy atom. The van der Waals surface area contributed by atoms with Gasteiger partial charge in [-0.1, -0.05) is 152 Å². The van der Waals surface area contributed by atoms with Crippen LogP contribution in [0.15, 0.2) is 152 Å². The number of rotatable bonds is 14. The van der Waals surface area contributed by atoms with E-state index in [-0.39, 0.29) is 19.1 Å². The van der Waals surface area contributed by atoms with Crippen molar-refractivity contribution in [3.63, 3.8) is 0 Å². The second-order valence-electron chi connectivity index (χ2n) is 15.1. The van der Waals surface area contributed by atoms with E-state index in [0.29, 0.717) is 13.0 Å². The maximum absolute atomic E-state index is 15.1. The van der Waals surface area contributed by atoms with E-state index in [9.17, 15) is 9.59 Å². The van der Waals surface area contributed by atoms with Crippen LogP contribution in [0.2, 0.25) is 0 Å². The molecule has 278 valence electrons. The molecule has 0 N–H and O–H groups in total. The Kier molecular flexibility index (Phi) is 12.4. The Balaban J connectivity index is 1.51. The first kappa shape index (κ1) is 38.2. The highest BCUT2D eigenvalue weighted by molar-refractivity contribution is 5.94. The summed E-state index contributed by atoms with van der Waals surface area (Å²) in [5, 5.41) is 0. The van der Waals surface area contributed by atoms with Crippen molar-refractivity contribution in [3.05, 3.63) is 179 Å². The largest absolute Gasteiger partial charge is 0.460 e. The number of carbonyl (C=O) groups is 3. The summed E-state index contributed by atoms with van der Waals surface area (Å²) < 4.78 is 11.8. The second-order valence-corrected chi connectivity index (χ2v) is 15.1. The molecule has 7 nitrogen and oxygen atoms in total. The Morgan fingerprint density at radius 1 is 0.722 bits per heavy atom. The number of cyclic esters (lactones) is 1. The van der Waals surface area contributed by atoms with Gasteiger partial charge in [0.05, 0.1) is 12.0 Å². The molecule has 0 aliphatic carbocycles. The van der Waals surface area contributed by atoms with Crippen LogP contribution < -0.4 is 0 Å². The monoisotopic (exact) mass is 722 g/mol. The van der Waals surface area contributed by atoms with Crippen molar-refractivity contribution in [3.8, 4) is 0 Å². The smallest absolute Gasteiger partial charge is 0.416 e. The molecular weight excluding hydrogens is 673 g/mol. The third kappa shape index (κ3) is 9.52. The SMILES string of the molecule is C[C@H](c1ccccc1)N(Cc1ccccc1)[C@H](c1ccccc1)[C@H](C(=O)OC(C)(C)C)[C@H](CC(=O)N1C(=O)OC[C@@H]1Cc1ccccc1)c1ccccc1. The van der Waals surface area contributed by atoms with Crippen molar-refractivity contribution in [1.82, 2.24) is 9.80 Å². The molecule has 1 aliphatic heterocycles.